The first kappa shape index (κ1) is 14.0. The summed E-state index contributed by atoms with van der Waals surface area (Å²) in [5.41, 5.74) is -1.11. The van der Waals surface area contributed by atoms with Gasteiger partial charge in [0.15, 0.2) is 0 Å². The quantitative estimate of drug-likeness (QED) is 0.843. The van der Waals surface area contributed by atoms with E-state index in [1.807, 2.05) is 0 Å². The average molecular weight is 268 g/mol. The lowest BCUT2D eigenvalue weighted by atomic mass is 9.75. The molecule has 1 N–H and O–H groups in total. The van der Waals surface area contributed by atoms with Crippen molar-refractivity contribution in [2.75, 3.05) is 0 Å². The van der Waals surface area contributed by atoms with Crippen LogP contribution in [0.5, 0.6) is 0 Å². The third-order valence-corrected chi connectivity index (χ3v) is 4.09. The summed E-state index contributed by atoms with van der Waals surface area (Å²) >= 11 is 0. The number of carboxylic acids is 1. The number of benzene rings is 1. The van der Waals surface area contributed by atoms with E-state index in [-0.39, 0.29) is 12.0 Å². The first-order valence-corrected chi connectivity index (χ1v) is 6.71. The molecule has 0 unspecified atom stereocenters. The Morgan fingerprint density at radius 1 is 1.11 bits per heavy atom. The van der Waals surface area contributed by atoms with Crippen molar-refractivity contribution < 1.29 is 18.7 Å². The van der Waals surface area contributed by atoms with Gasteiger partial charge in [0.05, 0.1) is 5.41 Å². The zero-order valence-electron chi connectivity index (χ0n) is 10.8. The highest BCUT2D eigenvalue weighted by Crippen LogP contribution is 2.39. The molecule has 1 aliphatic carbocycles. The molecule has 1 aliphatic rings. The molecule has 1 aromatic rings. The van der Waals surface area contributed by atoms with E-state index in [2.05, 4.69) is 0 Å². The topological polar surface area (TPSA) is 37.3 Å². The van der Waals surface area contributed by atoms with Crippen LogP contribution in [0.15, 0.2) is 18.2 Å². The summed E-state index contributed by atoms with van der Waals surface area (Å²) < 4.78 is 27.4. The highest BCUT2D eigenvalue weighted by atomic mass is 19.1. The van der Waals surface area contributed by atoms with Crippen molar-refractivity contribution in [2.45, 2.75) is 44.9 Å². The lowest BCUT2D eigenvalue weighted by molar-refractivity contribution is -0.149. The van der Waals surface area contributed by atoms with Gasteiger partial charge < -0.3 is 5.11 Å². The molecule has 1 aromatic carbocycles. The van der Waals surface area contributed by atoms with E-state index < -0.39 is 23.0 Å². The molecule has 0 aromatic heterocycles. The molecular formula is C15H18F2O2. The van der Waals surface area contributed by atoms with E-state index in [0.717, 1.165) is 25.7 Å². The summed E-state index contributed by atoms with van der Waals surface area (Å²) in [5, 5.41) is 9.51. The minimum Gasteiger partial charge on any atom is -0.481 e. The lowest BCUT2D eigenvalue weighted by Crippen LogP contribution is -2.33. The van der Waals surface area contributed by atoms with Crippen molar-refractivity contribution in [3.63, 3.8) is 0 Å². The fraction of sp³-hybridized carbons (Fsp3) is 0.533. The Labute approximate surface area is 111 Å². The van der Waals surface area contributed by atoms with Gasteiger partial charge in [0.25, 0.3) is 0 Å². The molecule has 0 amide bonds. The van der Waals surface area contributed by atoms with Crippen molar-refractivity contribution >= 4 is 5.97 Å². The van der Waals surface area contributed by atoms with Gasteiger partial charge in [0.2, 0.25) is 0 Å². The van der Waals surface area contributed by atoms with Gasteiger partial charge in [-0.25, -0.2) is 8.78 Å². The predicted octanol–water partition coefficient (Wildman–Crippen LogP) is 3.93. The van der Waals surface area contributed by atoms with E-state index in [0.29, 0.717) is 12.8 Å². The van der Waals surface area contributed by atoms with Gasteiger partial charge in [-0.2, -0.15) is 0 Å². The molecule has 2 nitrogen and oxygen atoms in total. The predicted molar refractivity (Wildman–Crippen MR) is 67.8 cm³/mol. The fourth-order valence-corrected chi connectivity index (χ4v) is 2.91. The molecule has 0 radical (unpaired) electrons. The van der Waals surface area contributed by atoms with Crippen LogP contribution in [0.1, 0.15) is 44.1 Å². The number of carbonyl (C=O) groups is 1. The Bertz CT molecular complexity index is 443. The summed E-state index contributed by atoms with van der Waals surface area (Å²) in [4.78, 5) is 11.6. The largest absolute Gasteiger partial charge is 0.481 e. The minimum atomic E-state index is -1.01. The monoisotopic (exact) mass is 268 g/mol. The second kappa shape index (κ2) is 5.68. The molecule has 104 valence electrons. The van der Waals surface area contributed by atoms with Gasteiger partial charge in [0.1, 0.15) is 11.6 Å². The first-order chi connectivity index (χ1) is 9.05. The van der Waals surface area contributed by atoms with Gasteiger partial charge in [-0.05, 0) is 31.4 Å². The molecule has 0 bridgehead atoms. The Kier molecular flexibility index (Phi) is 4.17. The third kappa shape index (κ3) is 2.94. The molecule has 0 saturated heterocycles. The van der Waals surface area contributed by atoms with Crippen molar-refractivity contribution in [2.24, 2.45) is 5.41 Å². The smallest absolute Gasteiger partial charge is 0.309 e. The number of aliphatic carboxylic acids is 1. The molecule has 0 aliphatic heterocycles. The van der Waals surface area contributed by atoms with Crippen LogP contribution < -0.4 is 0 Å². The Morgan fingerprint density at radius 2 is 1.63 bits per heavy atom. The van der Waals surface area contributed by atoms with Crippen LogP contribution in [-0.2, 0) is 11.2 Å². The van der Waals surface area contributed by atoms with E-state index in [4.69, 9.17) is 0 Å². The summed E-state index contributed by atoms with van der Waals surface area (Å²) in [6, 6.07) is 3.67. The molecular weight excluding hydrogens is 250 g/mol. The molecule has 2 rings (SSSR count). The number of rotatable bonds is 3. The maximum Gasteiger partial charge on any atom is 0.309 e. The third-order valence-electron chi connectivity index (χ3n) is 4.09. The summed E-state index contributed by atoms with van der Waals surface area (Å²) in [5.74, 6) is -2.23. The standard InChI is InChI=1S/C15H18F2O2/c16-12-6-5-7-13(17)11(12)10-15(14(18)19)8-3-1-2-4-9-15/h5-7H,1-4,8-10H2,(H,18,19). The number of halogens is 2. The minimum absolute atomic E-state index is 0.0547. The van der Waals surface area contributed by atoms with Crippen LogP contribution in [0.3, 0.4) is 0 Å². The van der Waals surface area contributed by atoms with Crippen molar-refractivity contribution in [3.8, 4) is 0 Å². The van der Waals surface area contributed by atoms with Crippen LogP contribution in [0.4, 0.5) is 8.78 Å². The summed E-state index contributed by atoms with van der Waals surface area (Å²) in [6.45, 7) is 0. The van der Waals surface area contributed by atoms with Crippen molar-refractivity contribution in [1.82, 2.24) is 0 Å². The van der Waals surface area contributed by atoms with Crippen molar-refractivity contribution in [3.05, 3.63) is 35.4 Å². The Morgan fingerprint density at radius 3 is 2.11 bits per heavy atom. The van der Waals surface area contributed by atoms with Gasteiger partial charge >= 0.3 is 5.97 Å². The first-order valence-electron chi connectivity index (χ1n) is 6.71. The molecule has 0 atom stereocenters. The molecule has 19 heavy (non-hydrogen) atoms. The van der Waals surface area contributed by atoms with Crippen LogP contribution in [-0.4, -0.2) is 11.1 Å². The highest BCUT2D eigenvalue weighted by molar-refractivity contribution is 5.75. The molecule has 1 saturated carbocycles. The molecule has 0 heterocycles. The summed E-state index contributed by atoms with van der Waals surface area (Å²) in [7, 11) is 0. The van der Waals surface area contributed by atoms with E-state index in [9.17, 15) is 18.7 Å². The lowest BCUT2D eigenvalue weighted by Gasteiger charge is -2.28. The zero-order chi connectivity index (χ0) is 13.9. The summed E-state index contributed by atoms with van der Waals surface area (Å²) in [6.07, 6.45) is 4.54. The van der Waals surface area contributed by atoms with Gasteiger partial charge in [-0.3, -0.25) is 4.79 Å². The highest BCUT2D eigenvalue weighted by Gasteiger charge is 2.39. The number of hydrogen-bond acceptors (Lipinski definition) is 1. The Balaban J connectivity index is 2.33. The average Bonchev–Trinajstić information content (AvgIpc) is 2.60. The van der Waals surface area contributed by atoms with Crippen LogP contribution in [0.25, 0.3) is 0 Å². The molecule has 0 spiro atoms. The Hall–Kier alpha value is -1.45. The van der Waals surface area contributed by atoms with Crippen LogP contribution in [0, 0.1) is 17.0 Å². The maximum atomic E-state index is 13.7. The SMILES string of the molecule is O=C(O)C1(Cc2c(F)cccc2F)CCCCCC1. The van der Waals surface area contributed by atoms with E-state index >= 15 is 0 Å². The molecule has 1 fully saturated rings. The van der Waals surface area contributed by atoms with Crippen molar-refractivity contribution in [1.29, 1.82) is 0 Å². The maximum absolute atomic E-state index is 13.7. The van der Waals surface area contributed by atoms with Gasteiger partial charge in [0, 0.05) is 5.56 Å². The van der Waals surface area contributed by atoms with Gasteiger partial charge in [-0.1, -0.05) is 31.7 Å². The second-order valence-corrected chi connectivity index (χ2v) is 5.38. The van der Waals surface area contributed by atoms with E-state index in [1.165, 1.54) is 18.2 Å². The zero-order valence-corrected chi connectivity index (χ0v) is 10.8. The second-order valence-electron chi connectivity index (χ2n) is 5.38. The van der Waals surface area contributed by atoms with E-state index in [1.54, 1.807) is 0 Å². The fourth-order valence-electron chi connectivity index (χ4n) is 2.91. The van der Waals surface area contributed by atoms with Crippen LogP contribution >= 0.6 is 0 Å². The number of hydrogen-bond donors (Lipinski definition) is 1. The number of carboxylic acid groups (broad SMARTS) is 1. The molecule has 4 heteroatoms. The van der Waals surface area contributed by atoms with Crippen LogP contribution in [0.2, 0.25) is 0 Å². The van der Waals surface area contributed by atoms with Gasteiger partial charge in [-0.15, -0.1) is 0 Å². The normalized spacial score (nSPS) is 18.8.